The summed E-state index contributed by atoms with van der Waals surface area (Å²) in [7, 11) is 0. The summed E-state index contributed by atoms with van der Waals surface area (Å²) in [6.45, 7) is 2.07. The van der Waals surface area contributed by atoms with Gasteiger partial charge in [0.1, 0.15) is 5.82 Å². The van der Waals surface area contributed by atoms with Crippen LogP contribution in [0, 0.1) is 11.6 Å². The van der Waals surface area contributed by atoms with Gasteiger partial charge in [0.2, 0.25) is 0 Å². The van der Waals surface area contributed by atoms with E-state index < -0.39 is 17.5 Å². The Labute approximate surface area is 120 Å². The van der Waals surface area contributed by atoms with Crippen LogP contribution >= 0.6 is 0 Å². The highest BCUT2D eigenvalue weighted by Gasteiger charge is 2.12. The molecule has 21 heavy (non-hydrogen) atoms. The number of nitrogens with two attached hydrogens (primary N) is 1. The van der Waals surface area contributed by atoms with Gasteiger partial charge in [0.15, 0.2) is 11.6 Å². The topological polar surface area (TPSA) is 64.3 Å². The summed E-state index contributed by atoms with van der Waals surface area (Å²) in [6.07, 6.45) is 0. The number of rotatable bonds is 4. The predicted molar refractivity (Wildman–Crippen MR) is 76.3 cm³/mol. The summed E-state index contributed by atoms with van der Waals surface area (Å²) < 4.78 is 31.9. The van der Waals surface area contributed by atoms with Crippen LogP contribution in [0.25, 0.3) is 0 Å². The second-order valence-electron chi connectivity index (χ2n) is 4.26. The van der Waals surface area contributed by atoms with Crippen molar-refractivity contribution in [3.8, 4) is 5.75 Å². The maximum Gasteiger partial charge on any atom is 0.257 e. The number of halogens is 2. The molecule has 0 atom stereocenters. The minimum atomic E-state index is -0.615. The SMILES string of the molecule is CCOc1ccc(NC(=O)c2cc(F)ccc2N)cc1F. The number of hydrogen-bond acceptors (Lipinski definition) is 3. The third kappa shape index (κ3) is 3.47. The third-order valence-corrected chi connectivity index (χ3v) is 2.75. The third-order valence-electron chi connectivity index (χ3n) is 2.75. The molecule has 0 aliphatic carbocycles. The van der Waals surface area contributed by atoms with E-state index in [1.54, 1.807) is 6.92 Å². The van der Waals surface area contributed by atoms with Crippen molar-refractivity contribution < 1.29 is 18.3 Å². The number of ether oxygens (including phenoxy) is 1. The van der Waals surface area contributed by atoms with Crippen LogP contribution in [0.3, 0.4) is 0 Å². The van der Waals surface area contributed by atoms with Gasteiger partial charge in [-0.2, -0.15) is 0 Å². The lowest BCUT2D eigenvalue weighted by atomic mass is 10.1. The molecular formula is C15H14F2N2O2. The fourth-order valence-corrected chi connectivity index (χ4v) is 1.77. The smallest absolute Gasteiger partial charge is 0.257 e. The van der Waals surface area contributed by atoms with Gasteiger partial charge >= 0.3 is 0 Å². The van der Waals surface area contributed by atoms with Crippen molar-refractivity contribution in [2.24, 2.45) is 0 Å². The van der Waals surface area contributed by atoms with E-state index in [-0.39, 0.29) is 22.7 Å². The zero-order valence-corrected chi connectivity index (χ0v) is 11.3. The lowest BCUT2D eigenvalue weighted by molar-refractivity contribution is 0.102. The molecule has 1 amide bonds. The van der Waals surface area contributed by atoms with Crippen LogP contribution in [0.4, 0.5) is 20.2 Å². The van der Waals surface area contributed by atoms with Crippen LogP contribution < -0.4 is 15.8 Å². The molecule has 0 aliphatic heterocycles. The monoisotopic (exact) mass is 292 g/mol. The molecule has 110 valence electrons. The molecule has 0 heterocycles. The van der Waals surface area contributed by atoms with Crippen LogP contribution in [-0.2, 0) is 0 Å². The van der Waals surface area contributed by atoms with Crippen LogP contribution in [0.2, 0.25) is 0 Å². The Morgan fingerprint density at radius 1 is 1.24 bits per heavy atom. The van der Waals surface area contributed by atoms with Gasteiger partial charge in [-0.15, -0.1) is 0 Å². The molecular weight excluding hydrogens is 278 g/mol. The zero-order valence-electron chi connectivity index (χ0n) is 11.3. The highest BCUT2D eigenvalue weighted by molar-refractivity contribution is 6.07. The van der Waals surface area contributed by atoms with Gasteiger partial charge in [0.05, 0.1) is 12.2 Å². The van der Waals surface area contributed by atoms with Crippen molar-refractivity contribution in [2.45, 2.75) is 6.92 Å². The quantitative estimate of drug-likeness (QED) is 0.851. The first-order chi connectivity index (χ1) is 10.0. The van der Waals surface area contributed by atoms with Gasteiger partial charge in [-0.25, -0.2) is 8.78 Å². The van der Waals surface area contributed by atoms with Crippen LogP contribution in [0.1, 0.15) is 17.3 Å². The van der Waals surface area contributed by atoms with E-state index in [1.807, 2.05) is 0 Å². The molecule has 2 aromatic carbocycles. The van der Waals surface area contributed by atoms with E-state index in [0.29, 0.717) is 6.61 Å². The van der Waals surface area contributed by atoms with Crippen molar-refractivity contribution in [1.82, 2.24) is 0 Å². The van der Waals surface area contributed by atoms with E-state index in [2.05, 4.69) is 5.32 Å². The second kappa shape index (κ2) is 6.21. The van der Waals surface area contributed by atoms with Gasteiger partial charge in [-0.05, 0) is 37.3 Å². The van der Waals surface area contributed by atoms with E-state index in [1.165, 1.54) is 18.2 Å². The molecule has 0 saturated heterocycles. The fraction of sp³-hybridized carbons (Fsp3) is 0.133. The van der Waals surface area contributed by atoms with Crippen LogP contribution in [0.5, 0.6) is 5.75 Å². The maximum atomic E-state index is 13.7. The lowest BCUT2D eigenvalue weighted by Crippen LogP contribution is -2.14. The van der Waals surface area contributed by atoms with Crippen LogP contribution in [-0.4, -0.2) is 12.5 Å². The highest BCUT2D eigenvalue weighted by Crippen LogP contribution is 2.22. The highest BCUT2D eigenvalue weighted by atomic mass is 19.1. The van der Waals surface area contributed by atoms with Gasteiger partial charge in [-0.1, -0.05) is 0 Å². The number of anilines is 2. The molecule has 3 N–H and O–H groups in total. The Morgan fingerprint density at radius 3 is 2.67 bits per heavy atom. The molecule has 0 fully saturated rings. The van der Waals surface area contributed by atoms with E-state index in [4.69, 9.17) is 10.5 Å². The van der Waals surface area contributed by atoms with Crippen molar-refractivity contribution in [1.29, 1.82) is 0 Å². The molecule has 2 rings (SSSR count). The van der Waals surface area contributed by atoms with Crippen molar-refractivity contribution in [3.05, 3.63) is 53.6 Å². The molecule has 0 aromatic heterocycles. The molecule has 4 nitrogen and oxygen atoms in total. The molecule has 0 unspecified atom stereocenters. The number of carbonyl (C=O) groups is 1. The standard InChI is InChI=1S/C15H14F2N2O2/c1-2-21-14-6-4-10(8-12(14)17)19-15(20)11-7-9(16)3-5-13(11)18/h3-8H,2,18H2,1H3,(H,19,20). The average molecular weight is 292 g/mol. The minimum Gasteiger partial charge on any atom is -0.491 e. The summed E-state index contributed by atoms with van der Waals surface area (Å²) >= 11 is 0. The predicted octanol–water partition coefficient (Wildman–Crippen LogP) is 3.20. The second-order valence-corrected chi connectivity index (χ2v) is 4.26. The van der Waals surface area contributed by atoms with Crippen molar-refractivity contribution in [2.75, 3.05) is 17.7 Å². The molecule has 0 aliphatic rings. The number of nitrogens with one attached hydrogen (secondary N) is 1. The van der Waals surface area contributed by atoms with Crippen molar-refractivity contribution in [3.63, 3.8) is 0 Å². The molecule has 0 radical (unpaired) electrons. The summed E-state index contributed by atoms with van der Waals surface area (Å²) in [5.74, 6) is -1.69. The molecule has 0 spiro atoms. The molecule has 0 bridgehead atoms. The average Bonchev–Trinajstić information content (AvgIpc) is 2.44. The Bertz CT molecular complexity index is 675. The summed E-state index contributed by atoms with van der Waals surface area (Å²) in [6, 6.07) is 7.49. The summed E-state index contributed by atoms with van der Waals surface area (Å²) in [5.41, 5.74) is 5.97. The largest absolute Gasteiger partial charge is 0.491 e. The number of carbonyl (C=O) groups excluding carboxylic acids is 1. The zero-order chi connectivity index (χ0) is 15.4. The van der Waals surface area contributed by atoms with E-state index in [9.17, 15) is 13.6 Å². The Morgan fingerprint density at radius 2 is 2.00 bits per heavy atom. The van der Waals surface area contributed by atoms with Gasteiger partial charge in [0.25, 0.3) is 5.91 Å². The summed E-state index contributed by atoms with van der Waals surface area (Å²) in [4.78, 5) is 12.0. The number of amides is 1. The molecule has 0 saturated carbocycles. The lowest BCUT2D eigenvalue weighted by Gasteiger charge is -2.09. The van der Waals surface area contributed by atoms with Crippen LogP contribution in [0.15, 0.2) is 36.4 Å². The van der Waals surface area contributed by atoms with Gasteiger partial charge < -0.3 is 15.8 Å². The number of benzene rings is 2. The molecule has 2 aromatic rings. The number of hydrogen-bond donors (Lipinski definition) is 2. The Hall–Kier alpha value is -2.63. The Kier molecular flexibility index (Phi) is 4.37. The van der Waals surface area contributed by atoms with E-state index >= 15 is 0 Å². The Balaban J connectivity index is 2.19. The first-order valence-electron chi connectivity index (χ1n) is 6.30. The van der Waals surface area contributed by atoms with Gasteiger partial charge in [0, 0.05) is 17.4 Å². The fourth-order valence-electron chi connectivity index (χ4n) is 1.77. The minimum absolute atomic E-state index is 0.00991. The van der Waals surface area contributed by atoms with Gasteiger partial charge in [-0.3, -0.25) is 4.79 Å². The maximum absolute atomic E-state index is 13.7. The first-order valence-corrected chi connectivity index (χ1v) is 6.30. The summed E-state index contributed by atoms with van der Waals surface area (Å²) in [5, 5.41) is 2.46. The van der Waals surface area contributed by atoms with E-state index in [0.717, 1.165) is 18.2 Å². The normalized spacial score (nSPS) is 10.2. The first kappa shape index (κ1) is 14.8. The molecule has 6 heteroatoms. The number of nitrogen functional groups attached to an aromatic ring is 1. The van der Waals surface area contributed by atoms with Crippen molar-refractivity contribution >= 4 is 17.3 Å².